The molecule has 0 aliphatic heterocycles. The quantitative estimate of drug-likeness (QED) is 0.688. The van der Waals surface area contributed by atoms with E-state index in [2.05, 4.69) is 15.5 Å². The molecule has 1 N–H and O–H groups in total. The fraction of sp³-hybridized carbons (Fsp3) is 0.333. The maximum atomic E-state index is 11.9. The standard InChI is InChI=1S/C18H21N5OS/c1-4-10-19-15(24)11-25-18-17-16(12(2)20-21-18)13(3)23(22-17)14-8-6-5-7-9-14/h5-9H,4,10-11H2,1-3H3,(H,19,24). The lowest BCUT2D eigenvalue weighted by molar-refractivity contribution is -0.118. The second kappa shape index (κ2) is 7.65. The minimum absolute atomic E-state index is 0.00147. The summed E-state index contributed by atoms with van der Waals surface area (Å²) in [7, 11) is 0. The van der Waals surface area contributed by atoms with Crippen LogP contribution in [0.2, 0.25) is 0 Å². The molecule has 0 saturated heterocycles. The number of aryl methyl sites for hydroxylation is 2. The van der Waals surface area contributed by atoms with Gasteiger partial charge in [0.1, 0.15) is 10.5 Å². The molecule has 0 unspecified atom stereocenters. The monoisotopic (exact) mass is 355 g/mol. The van der Waals surface area contributed by atoms with Crippen LogP contribution in [0.1, 0.15) is 24.7 Å². The van der Waals surface area contributed by atoms with Gasteiger partial charge in [-0.05, 0) is 32.4 Å². The van der Waals surface area contributed by atoms with Crippen LogP contribution in [0.5, 0.6) is 0 Å². The lowest BCUT2D eigenvalue weighted by Crippen LogP contribution is -2.25. The highest BCUT2D eigenvalue weighted by Crippen LogP contribution is 2.29. The van der Waals surface area contributed by atoms with Gasteiger partial charge in [0.2, 0.25) is 5.91 Å². The Balaban J connectivity index is 1.95. The highest BCUT2D eigenvalue weighted by molar-refractivity contribution is 8.00. The number of carbonyl (C=O) groups is 1. The number of nitrogens with one attached hydrogen (secondary N) is 1. The molecule has 2 heterocycles. The van der Waals surface area contributed by atoms with Crippen molar-refractivity contribution in [1.82, 2.24) is 25.3 Å². The summed E-state index contributed by atoms with van der Waals surface area (Å²) >= 11 is 1.37. The van der Waals surface area contributed by atoms with Crippen LogP contribution in [0.3, 0.4) is 0 Å². The Bertz CT molecular complexity index is 891. The molecule has 0 radical (unpaired) electrons. The molecule has 7 heteroatoms. The van der Waals surface area contributed by atoms with Gasteiger partial charge in [0.15, 0.2) is 0 Å². The van der Waals surface area contributed by atoms with Gasteiger partial charge in [-0.25, -0.2) is 4.68 Å². The van der Waals surface area contributed by atoms with Crippen molar-refractivity contribution in [2.24, 2.45) is 0 Å². The highest BCUT2D eigenvalue weighted by atomic mass is 32.2. The second-order valence-electron chi connectivity index (χ2n) is 5.79. The summed E-state index contributed by atoms with van der Waals surface area (Å²) in [6.07, 6.45) is 0.922. The number of hydrogen-bond acceptors (Lipinski definition) is 5. The molecule has 2 aromatic heterocycles. The molecule has 0 fully saturated rings. The van der Waals surface area contributed by atoms with Gasteiger partial charge >= 0.3 is 0 Å². The lowest BCUT2D eigenvalue weighted by atomic mass is 10.2. The third-order valence-electron chi connectivity index (χ3n) is 3.88. The van der Waals surface area contributed by atoms with Crippen LogP contribution in [-0.2, 0) is 4.79 Å². The summed E-state index contributed by atoms with van der Waals surface area (Å²) in [5, 5.41) is 17.8. The lowest BCUT2D eigenvalue weighted by Gasteiger charge is -2.04. The summed E-state index contributed by atoms with van der Waals surface area (Å²) in [6.45, 7) is 6.68. The molecule has 3 rings (SSSR count). The van der Waals surface area contributed by atoms with E-state index < -0.39 is 0 Å². The van der Waals surface area contributed by atoms with Gasteiger partial charge in [-0.15, -0.1) is 5.10 Å². The Morgan fingerprint density at radius 2 is 1.96 bits per heavy atom. The van der Waals surface area contributed by atoms with Crippen LogP contribution >= 0.6 is 11.8 Å². The molecule has 0 atom stereocenters. The van der Waals surface area contributed by atoms with E-state index in [-0.39, 0.29) is 5.91 Å². The summed E-state index contributed by atoms with van der Waals surface area (Å²) in [6, 6.07) is 9.98. The maximum Gasteiger partial charge on any atom is 0.230 e. The van der Waals surface area contributed by atoms with Crippen LogP contribution in [0.4, 0.5) is 0 Å². The topological polar surface area (TPSA) is 72.7 Å². The Morgan fingerprint density at radius 1 is 1.20 bits per heavy atom. The van der Waals surface area contributed by atoms with Gasteiger partial charge in [0, 0.05) is 11.9 Å². The summed E-state index contributed by atoms with van der Waals surface area (Å²) in [5.74, 6) is 0.311. The first kappa shape index (κ1) is 17.4. The molecule has 0 saturated carbocycles. The Kier molecular flexibility index (Phi) is 5.33. The van der Waals surface area contributed by atoms with E-state index in [1.807, 2.05) is 55.8 Å². The van der Waals surface area contributed by atoms with Crippen molar-refractivity contribution < 1.29 is 4.79 Å². The van der Waals surface area contributed by atoms with Crippen molar-refractivity contribution in [3.05, 3.63) is 41.7 Å². The van der Waals surface area contributed by atoms with Gasteiger partial charge in [-0.2, -0.15) is 10.2 Å². The largest absolute Gasteiger partial charge is 0.355 e. The van der Waals surface area contributed by atoms with Crippen molar-refractivity contribution in [2.45, 2.75) is 32.2 Å². The first-order chi connectivity index (χ1) is 12.1. The number of para-hydroxylation sites is 1. The Morgan fingerprint density at radius 3 is 2.68 bits per heavy atom. The first-order valence-electron chi connectivity index (χ1n) is 8.29. The highest BCUT2D eigenvalue weighted by Gasteiger charge is 2.17. The van der Waals surface area contributed by atoms with E-state index in [9.17, 15) is 4.79 Å². The van der Waals surface area contributed by atoms with Crippen LogP contribution in [-0.4, -0.2) is 38.2 Å². The van der Waals surface area contributed by atoms with Crippen molar-refractivity contribution in [1.29, 1.82) is 0 Å². The van der Waals surface area contributed by atoms with Crippen molar-refractivity contribution in [2.75, 3.05) is 12.3 Å². The van der Waals surface area contributed by atoms with Gasteiger partial charge < -0.3 is 5.32 Å². The number of aromatic nitrogens is 4. The zero-order chi connectivity index (χ0) is 17.8. The number of carbonyl (C=O) groups excluding carboxylic acids is 1. The number of fused-ring (bicyclic) bond motifs is 1. The number of thioether (sulfide) groups is 1. The fourth-order valence-electron chi connectivity index (χ4n) is 2.67. The first-order valence-corrected chi connectivity index (χ1v) is 9.28. The van der Waals surface area contributed by atoms with Gasteiger partial charge in [-0.1, -0.05) is 36.9 Å². The second-order valence-corrected chi connectivity index (χ2v) is 6.75. The van der Waals surface area contributed by atoms with Crippen LogP contribution < -0.4 is 5.32 Å². The van der Waals surface area contributed by atoms with E-state index in [1.54, 1.807) is 0 Å². The Hall–Kier alpha value is -2.41. The van der Waals surface area contributed by atoms with E-state index in [4.69, 9.17) is 5.10 Å². The molecule has 3 aromatic rings. The molecular weight excluding hydrogens is 334 g/mol. The molecule has 0 aliphatic carbocycles. The predicted octanol–water partition coefficient (Wildman–Crippen LogP) is 3.05. The van der Waals surface area contributed by atoms with Crippen LogP contribution in [0.15, 0.2) is 35.4 Å². The minimum atomic E-state index is 0.00147. The number of hydrogen-bond donors (Lipinski definition) is 1. The van der Waals surface area contributed by atoms with E-state index in [0.717, 1.165) is 34.4 Å². The van der Waals surface area contributed by atoms with E-state index in [0.29, 0.717) is 17.3 Å². The maximum absolute atomic E-state index is 11.9. The molecule has 130 valence electrons. The zero-order valence-electron chi connectivity index (χ0n) is 14.6. The van der Waals surface area contributed by atoms with Crippen LogP contribution in [0, 0.1) is 13.8 Å². The molecule has 1 aromatic carbocycles. The van der Waals surface area contributed by atoms with Crippen molar-refractivity contribution in [3.8, 4) is 5.69 Å². The third-order valence-corrected chi connectivity index (χ3v) is 4.84. The number of rotatable bonds is 6. The molecule has 0 bridgehead atoms. The van der Waals surface area contributed by atoms with Crippen molar-refractivity contribution >= 4 is 28.6 Å². The fourth-order valence-corrected chi connectivity index (χ4v) is 3.42. The summed E-state index contributed by atoms with van der Waals surface area (Å²) in [4.78, 5) is 11.9. The van der Waals surface area contributed by atoms with Gasteiger partial charge in [0.05, 0.1) is 22.8 Å². The van der Waals surface area contributed by atoms with E-state index in [1.165, 1.54) is 11.8 Å². The molecule has 25 heavy (non-hydrogen) atoms. The third kappa shape index (κ3) is 3.66. The molecule has 6 nitrogen and oxygen atoms in total. The predicted molar refractivity (Wildman–Crippen MR) is 100 cm³/mol. The Labute approximate surface area is 151 Å². The molecule has 0 spiro atoms. The molecular formula is C18H21N5OS. The van der Waals surface area contributed by atoms with Gasteiger partial charge in [-0.3, -0.25) is 4.79 Å². The average molecular weight is 355 g/mol. The number of nitrogens with zero attached hydrogens (tertiary/aromatic N) is 4. The van der Waals surface area contributed by atoms with Crippen LogP contribution in [0.25, 0.3) is 16.6 Å². The molecule has 0 aliphatic rings. The number of benzene rings is 1. The average Bonchev–Trinajstić information content (AvgIpc) is 2.98. The minimum Gasteiger partial charge on any atom is -0.355 e. The van der Waals surface area contributed by atoms with Crippen molar-refractivity contribution in [3.63, 3.8) is 0 Å². The van der Waals surface area contributed by atoms with E-state index >= 15 is 0 Å². The molecule has 1 amide bonds. The summed E-state index contributed by atoms with van der Waals surface area (Å²) in [5.41, 5.74) is 3.65. The number of amides is 1. The summed E-state index contributed by atoms with van der Waals surface area (Å²) < 4.78 is 1.91. The normalized spacial score (nSPS) is 11.0. The van der Waals surface area contributed by atoms with Gasteiger partial charge in [0.25, 0.3) is 0 Å². The smallest absolute Gasteiger partial charge is 0.230 e. The zero-order valence-corrected chi connectivity index (χ0v) is 15.4. The SMILES string of the molecule is CCCNC(=O)CSc1nnc(C)c2c(C)n(-c3ccccc3)nc12.